The van der Waals surface area contributed by atoms with Crippen molar-refractivity contribution in [3.63, 3.8) is 0 Å². The Morgan fingerprint density at radius 2 is 2.17 bits per heavy atom. The first-order chi connectivity index (χ1) is 5.66. The van der Waals surface area contributed by atoms with Gasteiger partial charge in [-0.25, -0.2) is 0 Å². The standard InChI is InChI=1S/C9H10N2O/c1-6-3-7-5-11(2)10-9(7)8(12)4-6/h3-5,12H,1-2H3. The van der Waals surface area contributed by atoms with Gasteiger partial charge in [0.15, 0.2) is 0 Å². The number of benzene rings is 1. The molecule has 1 N–H and O–H groups in total. The fourth-order valence-electron chi connectivity index (χ4n) is 1.38. The maximum absolute atomic E-state index is 9.49. The molecule has 1 heterocycles. The fraction of sp³-hybridized carbons (Fsp3) is 0.222. The highest BCUT2D eigenvalue weighted by molar-refractivity contribution is 5.84. The van der Waals surface area contributed by atoms with Gasteiger partial charge < -0.3 is 5.11 Å². The molecule has 2 aromatic rings. The van der Waals surface area contributed by atoms with Crippen molar-refractivity contribution in [1.82, 2.24) is 9.78 Å². The molecule has 0 unspecified atom stereocenters. The van der Waals surface area contributed by atoms with Gasteiger partial charge in [0.1, 0.15) is 11.3 Å². The van der Waals surface area contributed by atoms with Crippen LogP contribution in [0.25, 0.3) is 10.9 Å². The number of hydrogen-bond acceptors (Lipinski definition) is 2. The van der Waals surface area contributed by atoms with E-state index in [4.69, 9.17) is 0 Å². The van der Waals surface area contributed by atoms with Gasteiger partial charge in [0.2, 0.25) is 0 Å². The van der Waals surface area contributed by atoms with E-state index in [0.29, 0.717) is 5.52 Å². The maximum Gasteiger partial charge on any atom is 0.143 e. The van der Waals surface area contributed by atoms with Crippen LogP contribution in [0, 0.1) is 6.92 Å². The van der Waals surface area contributed by atoms with Gasteiger partial charge in [-0.15, -0.1) is 0 Å². The number of aromatic nitrogens is 2. The van der Waals surface area contributed by atoms with Crippen LogP contribution in [0.3, 0.4) is 0 Å². The lowest BCUT2D eigenvalue weighted by molar-refractivity contribution is 0.479. The number of phenolic OH excluding ortho intramolecular Hbond substituents is 1. The first kappa shape index (κ1) is 7.16. The first-order valence-corrected chi connectivity index (χ1v) is 3.80. The number of phenols is 1. The third-order valence-electron chi connectivity index (χ3n) is 1.85. The highest BCUT2D eigenvalue weighted by Crippen LogP contribution is 2.24. The number of nitrogens with zero attached hydrogens (tertiary/aromatic N) is 2. The summed E-state index contributed by atoms with van der Waals surface area (Å²) in [6.07, 6.45) is 1.89. The fourth-order valence-corrected chi connectivity index (χ4v) is 1.38. The number of aryl methyl sites for hydroxylation is 2. The molecule has 0 atom stereocenters. The average molecular weight is 162 g/mol. The number of rotatable bonds is 0. The lowest BCUT2D eigenvalue weighted by Gasteiger charge is -1.94. The van der Waals surface area contributed by atoms with E-state index in [-0.39, 0.29) is 5.75 Å². The van der Waals surface area contributed by atoms with E-state index in [1.165, 1.54) is 0 Å². The van der Waals surface area contributed by atoms with Crippen molar-refractivity contribution in [2.24, 2.45) is 7.05 Å². The predicted molar refractivity (Wildman–Crippen MR) is 47.1 cm³/mol. The van der Waals surface area contributed by atoms with E-state index in [9.17, 15) is 5.11 Å². The molecule has 62 valence electrons. The summed E-state index contributed by atoms with van der Waals surface area (Å²) in [4.78, 5) is 0. The van der Waals surface area contributed by atoms with Crippen LogP contribution in [0.2, 0.25) is 0 Å². The normalized spacial score (nSPS) is 10.8. The van der Waals surface area contributed by atoms with E-state index in [0.717, 1.165) is 10.9 Å². The quantitative estimate of drug-likeness (QED) is 0.638. The van der Waals surface area contributed by atoms with Gasteiger partial charge in [0.05, 0.1) is 0 Å². The van der Waals surface area contributed by atoms with Crippen LogP contribution in [-0.2, 0) is 7.05 Å². The molecular weight excluding hydrogens is 152 g/mol. The van der Waals surface area contributed by atoms with Gasteiger partial charge in [-0.05, 0) is 24.6 Å². The van der Waals surface area contributed by atoms with Gasteiger partial charge >= 0.3 is 0 Å². The minimum Gasteiger partial charge on any atom is -0.506 e. The molecule has 0 aliphatic carbocycles. The summed E-state index contributed by atoms with van der Waals surface area (Å²) < 4.78 is 1.70. The number of fused-ring (bicyclic) bond motifs is 1. The highest BCUT2D eigenvalue weighted by atomic mass is 16.3. The molecule has 0 aliphatic rings. The largest absolute Gasteiger partial charge is 0.506 e. The first-order valence-electron chi connectivity index (χ1n) is 3.80. The van der Waals surface area contributed by atoms with Crippen LogP contribution in [0.5, 0.6) is 5.75 Å². The Labute approximate surface area is 70.2 Å². The number of aromatic hydroxyl groups is 1. The SMILES string of the molecule is Cc1cc(O)c2nn(C)cc2c1. The van der Waals surface area contributed by atoms with E-state index in [1.807, 2.05) is 26.2 Å². The van der Waals surface area contributed by atoms with Crippen molar-refractivity contribution in [2.75, 3.05) is 0 Å². The van der Waals surface area contributed by atoms with Crippen molar-refractivity contribution in [2.45, 2.75) is 6.92 Å². The summed E-state index contributed by atoms with van der Waals surface area (Å²) >= 11 is 0. The molecule has 0 spiro atoms. The zero-order chi connectivity index (χ0) is 8.72. The van der Waals surface area contributed by atoms with Gasteiger partial charge in [-0.3, -0.25) is 4.68 Å². The molecular formula is C9H10N2O. The highest BCUT2D eigenvalue weighted by Gasteiger charge is 2.03. The molecule has 12 heavy (non-hydrogen) atoms. The van der Waals surface area contributed by atoms with Crippen molar-refractivity contribution in [1.29, 1.82) is 0 Å². The van der Waals surface area contributed by atoms with Crippen LogP contribution >= 0.6 is 0 Å². The summed E-state index contributed by atoms with van der Waals surface area (Å²) in [7, 11) is 1.84. The smallest absolute Gasteiger partial charge is 0.143 e. The van der Waals surface area contributed by atoms with E-state index in [2.05, 4.69) is 5.10 Å². The Kier molecular flexibility index (Phi) is 1.33. The van der Waals surface area contributed by atoms with Crippen molar-refractivity contribution in [3.8, 4) is 5.75 Å². The Morgan fingerprint density at radius 1 is 1.42 bits per heavy atom. The Bertz CT molecular complexity index is 431. The molecule has 0 fully saturated rings. The summed E-state index contributed by atoms with van der Waals surface area (Å²) in [6.45, 7) is 1.95. The molecule has 0 aliphatic heterocycles. The summed E-state index contributed by atoms with van der Waals surface area (Å²) in [6, 6.07) is 3.72. The monoisotopic (exact) mass is 162 g/mol. The molecule has 3 heteroatoms. The third kappa shape index (κ3) is 0.942. The van der Waals surface area contributed by atoms with Crippen molar-refractivity contribution in [3.05, 3.63) is 23.9 Å². The van der Waals surface area contributed by atoms with Crippen LogP contribution in [0.1, 0.15) is 5.56 Å². The van der Waals surface area contributed by atoms with Crippen LogP contribution in [0.15, 0.2) is 18.3 Å². The summed E-state index contributed by atoms with van der Waals surface area (Å²) in [5.41, 5.74) is 1.72. The Hall–Kier alpha value is -1.51. The summed E-state index contributed by atoms with van der Waals surface area (Å²) in [5, 5.41) is 14.6. The second-order valence-electron chi connectivity index (χ2n) is 3.02. The molecule has 3 nitrogen and oxygen atoms in total. The van der Waals surface area contributed by atoms with E-state index >= 15 is 0 Å². The maximum atomic E-state index is 9.49. The minimum absolute atomic E-state index is 0.255. The topological polar surface area (TPSA) is 38.1 Å². The van der Waals surface area contributed by atoms with Gasteiger partial charge in [-0.1, -0.05) is 0 Å². The Morgan fingerprint density at radius 3 is 2.92 bits per heavy atom. The minimum atomic E-state index is 0.255. The van der Waals surface area contributed by atoms with Gasteiger partial charge in [-0.2, -0.15) is 5.10 Å². The molecule has 0 amide bonds. The molecule has 1 aromatic heterocycles. The average Bonchev–Trinajstić information content (AvgIpc) is 2.29. The third-order valence-corrected chi connectivity index (χ3v) is 1.85. The Balaban J connectivity index is 2.88. The zero-order valence-corrected chi connectivity index (χ0v) is 7.07. The van der Waals surface area contributed by atoms with Crippen LogP contribution in [0.4, 0.5) is 0 Å². The number of hydrogen-bond donors (Lipinski definition) is 1. The second kappa shape index (κ2) is 2.24. The second-order valence-corrected chi connectivity index (χ2v) is 3.02. The van der Waals surface area contributed by atoms with Crippen molar-refractivity contribution >= 4 is 10.9 Å². The van der Waals surface area contributed by atoms with Gasteiger partial charge in [0.25, 0.3) is 0 Å². The molecule has 0 saturated heterocycles. The van der Waals surface area contributed by atoms with Gasteiger partial charge in [0, 0.05) is 18.6 Å². The molecule has 2 rings (SSSR count). The van der Waals surface area contributed by atoms with E-state index < -0.39 is 0 Å². The molecule has 0 bridgehead atoms. The molecule has 0 saturated carbocycles. The zero-order valence-electron chi connectivity index (χ0n) is 7.07. The lowest BCUT2D eigenvalue weighted by atomic mass is 10.2. The lowest BCUT2D eigenvalue weighted by Crippen LogP contribution is -1.84. The van der Waals surface area contributed by atoms with Crippen LogP contribution < -0.4 is 0 Å². The predicted octanol–water partition coefficient (Wildman–Crippen LogP) is 1.59. The summed E-state index contributed by atoms with van der Waals surface area (Å²) in [5.74, 6) is 0.255. The van der Waals surface area contributed by atoms with Crippen molar-refractivity contribution < 1.29 is 5.11 Å². The van der Waals surface area contributed by atoms with Crippen LogP contribution in [-0.4, -0.2) is 14.9 Å². The van der Waals surface area contributed by atoms with E-state index in [1.54, 1.807) is 10.7 Å². The molecule has 0 radical (unpaired) electrons. The molecule has 1 aromatic carbocycles.